The zero-order chi connectivity index (χ0) is 24.0. The number of sulfonamides is 1. The minimum absolute atomic E-state index is 0.0441. The predicted molar refractivity (Wildman–Crippen MR) is 130 cm³/mol. The van der Waals surface area contributed by atoms with E-state index in [0.717, 1.165) is 23.6 Å². The Bertz CT molecular complexity index is 1280. The smallest absolute Gasteiger partial charge is 0.264 e. The molecule has 3 rings (SSSR count). The number of amides is 1. The number of ether oxygens (including phenoxy) is 1. The van der Waals surface area contributed by atoms with Crippen LogP contribution in [0.1, 0.15) is 43.5 Å². The monoisotopic (exact) mass is 471 g/mol. The molecule has 0 atom stereocenters. The number of nitrogens with one attached hydrogen (secondary N) is 2. The first-order valence-electron chi connectivity index (χ1n) is 10.9. The third kappa shape index (κ3) is 5.36. The number of anilines is 1. The average Bonchev–Trinajstić information content (AvgIpc) is 2.82. The molecule has 9 heteroatoms. The number of nitrogens with zero attached hydrogens (tertiary/aromatic N) is 1. The van der Waals surface area contributed by atoms with E-state index in [0.29, 0.717) is 30.1 Å². The summed E-state index contributed by atoms with van der Waals surface area (Å²) in [6.45, 7) is 4.92. The third-order valence-electron chi connectivity index (χ3n) is 5.33. The van der Waals surface area contributed by atoms with Gasteiger partial charge < -0.3 is 15.0 Å². The van der Waals surface area contributed by atoms with E-state index in [2.05, 4.69) is 17.2 Å². The van der Waals surface area contributed by atoms with Crippen molar-refractivity contribution >= 4 is 32.5 Å². The van der Waals surface area contributed by atoms with E-state index in [1.807, 2.05) is 6.92 Å². The second-order valence-corrected chi connectivity index (χ2v) is 9.57. The van der Waals surface area contributed by atoms with Crippen molar-refractivity contribution in [3.05, 3.63) is 64.4 Å². The maximum absolute atomic E-state index is 13.2. The fourth-order valence-electron chi connectivity index (χ4n) is 3.41. The summed E-state index contributed by atoms with van der Waals surface area (Å²) in [6.07, 6.45) is 4.19. The van der Waals surface area contributed by atoms with Gasteiger partial charge in [-0.3, -0.25) is 13.9 Å². The Kier molecular flexibility index (Phi) is 7.75. The van der Waals surface area contributed by atoms with Gasteiger partial charge in [0.05, 0.1) is 17.2 Å². The maximum atomic E-state index is 13.2. The van der Waals surface area contributed by atoms with Crippen LogP contribution in [0.25, 0.3) is 10.9 Å². The molecule has 0 fully saturated rings. The SMILES string of the molecule is CCCCCNC(=O)c1c[nH]c2ccc(S(=O)(=O)N(C)c3ccc(OCC)cc3)cc2c1=O. The number of carbonyl (C=O) groups is 1. The van der Waals surface area contributed by atoms with Crippen LogP contribution in [0.3, 0.4) is 0 Å². The lowest BCUT2D eigenvalue weighted by Crippen LogP contribution is -2.30. The molecule has 1 heterocycles. The molecule has 0 unspecified atom stereocenters. The van der Waals surface area contributed by atoms with E-state index in [1.54, 1.807) is 24.3 Å². The highest BCUT2D eigenvalue weighted by atomic mass is 32.2. The first kappa shape index (κ1) is 24.3. The molecule has 2 N–H and O–H groups in total. The zero-order valence-corrected chi connectivity index (χ0v) is 19.9. The number of unbranched alkanes of at least 4 members (excludes halogenated alkanes) is 2. The molecule has 1 amide bonds. The Balaban J connectivity index is 1.91. The highest BCUT2D eigenvalue weighted by molar-refractivity contribution is 7.92. The van der Waals surface area contributed by atoms with Crippen molar-refractivity contribution in [2.45, 2.75) is 38.0 Å². The van der Waals surface area contributed by atoms with Crippen LogP contribution in [0.4, 0.5) is 5.69 Å². The van der Waals surface area contributed by atoms with Crippen molar-refractivity contribution in [3.63, 3.8) is 0 Å². The van der Waals surface area contributed by atoms with Gasteiger partial charge in [0.1, 0.15) is 11.3 Å². The minimum Gasteiger partial charge on any atom is -0.494 e. The van der Waals surface area contributed by atoms with Gasteiger partial charge in [-0.05, 0) is 55.8 Å². The van der Waals surface area contributed by atoms with Gasteiger partial charge in [0.25, 0.3) is 15.9 Å². The van der Waals surface area contributed by atoms with Gasteiger partial charge in [0.2, 0.25) is 5.43 Å². The second kappa shape index (κ2) is 10.5. The van der Waals surface area contributed by atoms with Crippen molar-refractivity contribution in [2.24, 2.45) is 0 Å². The van der Waals surface area contributed by atoms with Gasteiger partial charge >= 0.3 is 0 Å². The topological polar surface area (TPSA) is 109 Å². The van der Waals surface area contributed by atoms with Crippen LogP contribution in [0.5, 0.6) is 5.75 Å². The van der Waals surface area contributed by atoms with E-state index in [1.165, 1.54) is 31.4 Å². The summed E-state index contributed by atoms with van der Waals surface area (Å²) in [4.78, 5) is 28.3. The molecule has 0 aliphatic heterocycles. The molecule has 176 valence electrons. The van der Waals surface area contributed by atoms with Crippen LogP contribution in [0.15, 0.2) is 58.4 Å². The second-order valence-electron chi connectivity index (χ2n) is 7.60. The first-order chi connectivity index (χ1) is 15.8. The lowest BCUT2D eigenvalue weighted by Gasteiger charge is -2.20. The number of pyridine rings is 1. The molecule has 0 saturated heterocycles. The fraction of sp³-hybridized carbons (Fsp3) is 0.333. The number of aromatic nitrogens is 1. The molecular weight excluding hydrogens is 442 g/mol. The quantitative estimate of drug-likeness (QED) is 0.439. The molecular formula is C24H29N3O5S. The number of benzene rings is 2. The number of carbonyl (C=O) groups excluding carboxylic acids is 1. The minimum atomic E-state index is -3.94. The van der Waals surface area contributed by atoms with Gasteiger partial charge in [-0.15, -0.1) is 0 Å². The Morgan fingerprint density at radius 3 is 2.48 bits per heavy atom. The number of hydrogen-bond donors (Lipinski definition) is 2. The van der Waals surface area contributed by atoms with Crippen LogP contribution >= 0.6 is 0 Å². The molecule has 3 aromatic rings. The molecule has 8 nitrogen and oxygen atoms in total. The van der Waals surface area contributed by atoms with Gasteiger partial charge in [-0.2, -0.15) is 0 Å². The molecule has 0 aliphatic rings. The van der Waals surface area contributed by atoms with Gasteiger partial charge in [-0.25, -0.2) is 8.42 Å². The van der Waals surface area contributed by atoms with Crippen LogP contribution < -0.4 is 19.8 Å². The molecule has 0 radical (unpaired) electrons. The van der Waals surface area contributed by atoms with E-state index in [9.17, 15) is 18.0 Å². The number of H-pyrrole nitrogens is 1. The molecule has 2 aromatic carbocycles. The van der Waals surface area contributed by atoms with E-state index in [4.69, 9.17) is 4.74 Å². The third-order valence-corrected chi connectivity index (χ3v) is 7.11. The van der Waals surface area contributed by atoms with Gasteiger partial charge in [0, 0.05) is 30.7 Å². The zero-order valence-electron chi connectivity index (χ0n) is 19.1. The highest BCUT2D eigenvalue weighted by Gasteiger charge is 2.23. The molecule has 1 aromatic heterocycles. The van der Waals surface area contributed by atoms with Crippen molar-refractivity contribution < 1.29 is 17.9 Å². The molecule has 0 bridgehead atoms. The number of fused-ring (bicyclic) bond motifs is 1. The molecule has 0 aliphatic carbocycles. The molecule has 0 saturated carbocycles. The number of hydrogen-bond acceptors (Lipinski definition) is 5. The summed E-state index contributed by atoms with van der Waals surface area (Å²) in [5.41, 5.74) is 0.337. The Hall–Kier alpha value is -3.33. The van der Waals surface area contributed by atoms with Gasteiger partial charge in [-0.1, -0.05) is 19.8 Å². The number of aromatic amines is 1. The Labute approximate surface area is 193 Å². The summed E-state index contributed by atoms with van der Waals surface area (Å²) < 4.78 is 33.0. The lowest BCUT2D eigenvalue weighted by molar-refractivity contribution is 0.0951. The Morgan fingerprint density at radius 2 is 1.82 bits per heavy atom. The predicted octanol–water partition coefficient (Wildman–Crippen LogP) is 3.67. The fourth-order valence-corrected chi connectivity index (χ4v) is 4.64. The first-order valence-corrected chi connectivity index (χ1v) is 12.4. The normalized spacial score (nSPS) is 11.4. The summed E-state index contributed by atoms with van der Waals surface area (Å²) >= 11 is 0. The summed E-state index contributed by atoms with van der Waals surface area (Å²) in [5, 5.41) is 2.88. The van der Waals surface area contributed by atoms with E-state index >= 15 is 0 Å². The van der Waals surface area contributed by atoms with Crippen LogP contribution in [-0.2, 0) is 10.0 Å². The lowest BCUT2D eigenvalue weighted by atomic mass is 10.1. The van der Waals surface area contributed by atoms with Crippen LogP contribution in [0.2, 0.25) is 0 Å². The largest absolute Gasteiger partial charge is 0.494 e. The van der Waals surface area contributed by atoms with Crippen molar-refractivity contribution in [1.29, 1.82) is 0 Å². The summed E-state index contributed by atoms with van der Waals surface area (Å²) in [6, 6.07) is 11.0. The summed E-state index contributed by atoms with van der Waals surface area (Å²) in [5.74, 6) is 0.166. The van der Waals surface area contributed by atoms with Crippen LogP contribution in [-0.4, -0.2) is 39.5 Å². The van der Waals surface area contributed by atoms with Gasteiger partial charge in [0.15, 0.2) is 0 Å². The van der Waals surface area contributed by atoms with E-state index < -0.39 is 21.4 Å². The van der Waals surface area contributed by atoms with Crippen molar-refractivity contribution in [3.8, 4) is 5.75 Å². The van der Waals surface area contributed by atoms with Crippen LogP contribution in [0, 0.1) is 0 Å². The number of rotatable bonds is 10. The summed E-state index contributed by atoms with van der Waals surface area (Å²) in [7, 11) is -2.50. The highest BCUT2D eigenvalue weighted by Crippen LogP contribution is 2.25. The average molecular weight is 472 g/mol. The Morgan fingerprint density at radius 1 is 1.09 bits per heavy atom. The standard InChI is InChI=1S/C24H29N3O5S/c1-4-6-7-14-25-24(29)21-16-26-22-13-12-19(15-20(22)23(21)28)33(30,31)27(3)17-8-10-18(11-9-17)32-5-2/h8-13,15-16H,4-7,14H2,1-3H3,(H,25,29)(H,26,28). The molecule has 0 spiro atoms. The van der Waals surface area contributed by atoms with Crippen molar-refractivity contribution in [1.82, 2.24) is 10.3 Å². The van der Waals surface area contributed by atoms with Crippen molar-refractivity contribution in [2.75, 3.05) is 24.5 Å². The maximum Gasteiger partial charge on any atom is 0.264 e. The molecule has 33 heavy (non-hydrogen) atoms. The van der Waals surface area contributed by atoms with E-state index in [-0.39, 0.29) is 15.8 Å².